The SMILES string of the molecule is CN[C@]1(CO)CC[C@@H](c2ccc(CO)cc2)C1. The average molecular weight is 235 g/mol. The molecular formula is C14H21NO2. The molecule has 1 aliphatic rings. The van der Waals surface area contributed by atoms with Crippen molar-refractivity contribution in [3.63, 3.8) is 0 Å². The van der Waals surface area contributed by atoms with Crippen molar-refractivity contribution < 1.29 is 10.2 Å². The number of nitrogens with one attached hydrogen (secondary N) is 1. The van der Waals surface area contributed by atoms with Crippen molar-refractivity contribution >= 4 is 0 Å². The topological polar surface area (TPSA) is 52.5 Å². The van der Waals surface area contributed by atoms with Crippen molar-refractivity contribution in [3.05, 3.63) is 35.4 Å². The molecule has 0 radical (unpaired) electrons. The highest BCUT2D eigenvalue weighted by Gasteiger charge is 2.37. The molecule has 1 aliphatic carbocycles. The smallest absolute Gasteiger partial charge is 0.0681 e. The van der Waals surface area contributed by atoms with Gasteiger partial charge in [-0.2, -0.15) is 0 Å². The van der Waals surface area contributed by atoms with Crippen LogP contribution in [0.2, 0.25) is 0 Å². The summed E-state index contributed by atoms with van der Waals surface area (Å²) in [6.45, 7) is 0.302. The van der Waals surface area contributed by atoms with Crippen LogP contribution in [0.5, 0.6) is 0 Å². The van der Waals surface area contributed by atoms with Crippen LogP contribution in [0.3, 0.4) is 0 Å². The zero-order chi connectivity index (χ0) is 12.3. The lowest BCUT2D eigenvalue weighted by molar-refractivity contribution is 0.171. The Morgan fingerprint density at radius 3 is 2.47 bits per heavy atom. The van der Waals surface area contributed by atoms with Gasteiger partial charge in [0.1, 0.15) is 0 Å². The third-order valence-corrected chi connectivity index (χ3v) is 4.08. The maximum Gasteiger partial charge on any atom is 0.0681 e. The summed E-state index contributed by atoms with van der Waals surface area (Å²) in [4.78, 5) is 0. The monoisotopic (exact) mass is 235 g/mol. The number of hydrogen-bond donors (Lipinski definition) is 3. The van der Waals surface area contributed by atoms with Crippen molar-refractivity contribution in [2.75, 3.05) is 13.7 Å². The zero-order valence-electron chi connectivity index (χ0n) is 10.3. The van der Waals surface area contributed by atoms with Gasteiger partial charge >= 0.3 is 0 Å². The van der Waals surface area contributed by atoms with E-state index in [1.807, 2.05) is 19.2 Å². The Hall–Kier alpha value is -0.900. The van der Waals surface area contributed by atoms with Gasteiger partial charge in [0.2, 0.25) is 0 Å². The lowest BCUT2D eigenvalue weighted by Crippen LogP contribution is -2.43. The Labute approximate surface area is 102 Å². The minimum absolute atomic E-state index is 0.0969. The van der Waals surface area contributed by atoms with E-state index < -0.39 is 0 Å². The molecule has 0 aromatic heterocycles. The summed E-state index contributed by atoms with van der Waals surface area (Å²) in [6.07, 6.45) is 3.12. The molecule has 1 aromatic rings. The molecule has 1 saturated carbocycles. The summed E-state index contributed by atoms with van der Waals surface area (Å²) in [7, 11) is 1.92. The largest absolute Gasteiger partial charge is 0.394 e. The number of rotatable bonds is 4. The fourth-order valence-electron chi connectivity index (χ4n) is 2.76. The second kappa shape index (κ2) is 5.17. The molecule has 2 rings (SSSR count). The molecule has 1 aromatic carbocycles. The van der Waals surface area contributed by atoms with E-state index in [1.54, 1.807) is 0 Å². The van der Waals surface area contributed by atoms with E-state index in [9.17, 15) is 5.11 Å². The molecule has 0 amide bonds. The molecule has 3 heteroatoms. The molecule has 0 heterocycles. The average Bonchev–Trinajstić information content (AvgIpc) is 2.84. The van der Waals surface area contributed by atoms with Crippen molar-refractivity contribution in [2.24, 2.45) is 0 Å². The Bertz CT molecular complexity index is 357. The number of aliphatic hydroxyl groups is 2. The number of likely N-dealkylation sites (N-methyl/N-ethyl adjacent to an activating group) is 1. The van der Waals surface area contributed by atoms with Crippen LogP contribution in [0.1, 0.15) is 36.3 Å². The maximum atomic E-state index is 9.47. The van der Waals surface area contributed by atoms with E-state index >= 15 is 0 Å². The second-order valence-corrected chi connectivity index (χ2v) is 5.03. The molecule has 2 atom stereocenters. The fourth-order valence-corrected chi connectivity index (χ4v) is 2.76. The van der Waals surface area contributed by atoms with E-state index in [0.29, 0.717) is 5.92 Å². The van der Waals surface area contributed by atoms with Gasteiger partial charge in [0, 0.05) is 5.54 Å². The van der Waals surface area contributed by atoms with Gasteiger partial charge in [-0.15, -0.1) is 0 Å². The highest BCUT2D eigenvalue weighted by atomic mass is 16.3. The molecule has 1 fully saturated rings. The fraction of sp³-hybridized carbons (Fsp3) is 0.571. The van der Waals surface area contributed by atoms with Crippen LogP contribution in [-0.4, -0.2) is 29.4 Å². The van der Waals surface area contributed by atoms with Gasteiger partial charge in [0.05, 0.1) is 13.2 Å². The van der Waals surface area contributed by atoms with Gasteiger partial charge in [-0.25, -0.2) is 0 Å². The third kappa shape index (κ3) is 2.51. The van der Waals surface area contributed by atoms with Crippen molar-refractivity contribution in [1.29, 1.82) is 0 Å². The first kappa shape index (κ1) is 12.6. The highest BCUT2D eigenvalue weighted by Crippen LogP contribution is 2.40. The van der Waals surface area contributed by atoms with Crippen LogP contribution in [0.4, 0.5) is 0 Å². The molecule has 0 unspecified atom stereocenters. The van der Waals surface area contributed by atoms with Crippen LogP contribution in [-0.2, 0) is 6.61 Å². The van der Waals surface area contributed by atoms with Gasteiger partial charge in [-0.3, -0.25) is 0 Å². The minimum atomic E-state index is -0.0969. The summed E-state index contributed by atoms with van der Waals surface area (Å²) in [6, 6.07) is 8.15. The molecule has 94 valence electrons. The number of hydrogen-bond acceptors (Lipinski definition) is 3. The van der Waals surface area contributed by atoms with Crippen LogP contribution in [0, 0.1) is 0 Å². The lowest BCUT2D eigenvalue weighted by atomic mass is 9.92. The van der Waals surface area contributed by atoms with Gasteiger partial charge < -0.3 is 15.5 Å². The molecule has 3 nitrogen and oxygen atoms in total. The molecule has 0 bridgehead atoms. The van der Waals surface area contributed by atoms with Crippen LogP contribution in [0.25, 0.3) is 0 Å². The Morgan fingerprint density at radius 1 is 1.29 bits per heavy atom. The summed E-state index contributed by atoms with van der Waals surface area (Å²) < 4.78 is 0. The van der Waals surface area contributed by atoms with E-state index in [2.05, 4.69) is 17.4 Å². The number of benzene rings is 1. The normalized spacial score (nSPS) is 28.5. The van der Waals surface area contributed by atoms with Crippen LogP contribution < -0.4 is 5.32 Å². The molecular weight excluding hydrogens is 214 g/mol. The first-order valence-corrected chi connectivity index (χ1v) is 6.22. The maximum absolute atomic E-state index is 9.47. The summed E-state index contributed by atoms with van der Waals surface area (Å²) in [5, 5.41) is 21.7. The first-order valence-electron chi connectivity index (χ1n) is 6.22. The number of aliphatic hydroxyl groups excluding tert-OH is 2. The predicted octanol–water partition coefficient (Wildman–Crippen LogP) is 1.40. The summed E-state index contributed by atoms with van der Waals surface area (Å²) in [5.74, 6) is 0.516. The molecule has 3 N–H and O–H groups in total. The Morgan fingerprint density at radius 2 is 2.00 bits per heavy atom. The standard InChI is InChI=1S/C14H21NO2/c1-15-14(10-17)7-6-13(8-14)12-4-2-11(9-16)3-5-12/h2-5,13,15-17H,6-10H2,1H3/t13-,14-/m1/s1. The Kier molecular flexibility index (Phi) is 3.82. The lowest BCUT2D eigenvalue weighted by Gasteiger charge is -2.26. The predicted molar refractivity (Wildman–Crippen MR) is 67.8 cm³/mol. The Balaban J connectivity index is 2.09. The van der Waals surface area contributed by atoms with Gasteiger partial charge in [0.25, 0.3) is 0 Å². The van der Waals surface area contributed by atoms with E-state index in [0.717, 1.165) is 24.8 Å². The summed E-state index contributed by atoms with van der Waals surface area (Å²) in [5.41, 5.74) is 2.17. The van der Waals surface area contributed by atoms with Crippen molar-refractivity contribution in [1.82, 2.24) is 5.32 Å². The van der Waals surface area contributed by atoms with Gasteiger partial charge in [-0.05, 0) is 43.4 Å². The molecule has 17 heavy (non-hydrogen) atoms. The van der Waals surface area contributed by atoms with Crippen molar-refractivity contribution in [2.45, 2.75) is 37.3 Å². The highest BCUT2D eigenvalue weighted by molar-refractivity contribution is 5.27. The van der Waals surface area contributed by atoms with Crippen molar-refractivity contribution in [3.8, 4) is 0 Å². The quantitative estimate of drug-likeness (QED) is 0.739. The van der Waals surface area contributed by atoms with E-state index in [4.69, 9.17) is 5.11 Å². The first-order chi connectivity index (χ1) is 8.23. The molecule has 0 saturated heterocycles. The van der Waals surface area contributed by atoms with E-state index in [1.165, 1.54) is 5.56 Å². The summed E-state index contributed by atoms with van der Waals surface area (Å²) >= 11 is 0. The second-order valence-electron chi connectivity index (χ2n) is 5.03. The van der Waals surface area contributed by atoms with Crippen LogP contribution in [0.15, 0.2) is 24.3 Å². The molecule has 0 spiro atoms. The zero-order valence-corrected chi connectivity index (χ0v) is 10.3. The molecule has 0 aliphatic heterocycles. The van der Waals surface area contributed by atoms with E-state index in [-0.39, 0.29) is 18.8 Å². The van der Waals surface area contributed by atoms with Gasteiger partial charge in [-0.1, -0.05) is 24.3 Å². The van der Waals surface area contributed by atoms with Gasteiger partial charge in [0.15, 0.2) is 0 Å². The third-order valence-electron chi connectivity index (χ3n) is 4.08. The minimum Gasteiger partial charge on any atom is -0.394 e. The van der Waals surface area contributed by atoms with Crippen LogP contribution >= 0.6 is 0 Å².